The van der Waals surface area contributed by atoms with E-state index in [2.05, 4.69) is 21.2 Å². The van der Waals surface area contributed by atoms with Crippen LogP contribution in [0.3, 0.4) is 0 Å². The van der Waals surface area contributed by atoms with Crippen molar-refractivity contribution in [2.45, 2.75) is 45.7 Å². The minimum absolute atomic E-state index is 0.0190. The van der Waals surface area contributed by atoms with Gasteiger partial charge in [0.05, 0.1) is 18.7 Å². The van der Waals surface area contributed by atoms with Crippen LogP contribution in [0.1, 0.15) is 34.1 Å². The SMILES string of the molecule is CCC(C#N)N1CCN(CC(=O)NC(C)(C)C)CC1. The van der Waals surface area contributed by atoms with Crippen molar-refractivity contribution in [1.29, 1.82) is 5.26 Å². The average molecular weight is 266 g/mol. The van der Waals surface area contributed by atoms with E-state index in [4.69, 9.17) is 5.26 Å². The van der Waals surface area contributed by atoms with Gasteiger partial charge in [-0.15, -0.1) is 0 Å². The maximum atomic E-state index is 11.8. The van der Waals surface area contributed by atoms with Crippen LogP contribution in [0.15, 0.2) is 0 Å². The van der Waals surface area contributed by atoms with Crippen LogP contribution in [0.2, 0.25) is 0 Å². The molecule has 1 N–H and O–H groups in total. The minimum atomic E-state index is -0.174. The summed E-state index contributed by atoms with van der Waals surface area (Å²) in [5.41, 5.74) is -0.174. The number of hydrogen-bond acceptors (Lipinski definition) is 4. The number of nitrogens with zero attached hydrogens (tertiary/aromatic N) is 3. The quantitative estimate of drug-likeness (QED) is 0.818. The zero-order chi connectivity index (χ0) is 14.5. The summed E-state index contributed by atoms with van der Waals surface area (Å²) in [5.74, 6) is 0.0771. The highest BCUT2D eigenvalue weighted by atomic mass is 16.2. The molecule has 0 bridgehead atoms. The summed E-state index contributed by atoms with van der Waals surface area (Å²) < 4.78 is 0. The fraction of sp³-hybridized carbons (Fsp3) is 0.857. The molecule has 1 rings (SSSR count). The van der Waals surface area contributed by atoms with Gasteiger partial charge < -0.3 is 5.32 Å². The molecule has 0 saturated carbocycles. The maximum Gasteiger partial charge on any atom is 0.234 e. The molecule has 0 radical (unpaired) electrons. The van der Waals surface area contributed by atoms with E-state index in [9.17, 15) is 4.79 Å². The lowest BCUT2D eigenvalue weighted by Crippen LogP contribution is -2.53. The summed E-state index contributed by atoms with van der Waals surface area (Å²) in [6.07, 6.45) is 0.862. The summed E-state index contributed by atoms with van der Waals surface area (Å²) >= 11 is 0. The van der Waals surface area contributed by atoms with Crippen LogP contribution in [-0.2, 0) is 4.79 Å². The molecule has 1 saturated heterocycles. The van der Waals surface area contributed by atoms with Crippen molar-refractivity contribution in [3.63, 3.8) is 0 Å². The third-order valence-electron chi connectivity index (χ3n) is 3.27. The number of nitriles is 1. The molecule has 19 heavy (non-hydrogen) atoms. The zero-order valence-electron chi connectivity index (χ0n) is 12.6. The molecule has 1 atom stereocenters. The van der Waals surface area contributed by atoms with E-state index < -0.39 is 0 Å². The average Bonchev–Trinajstić information content (AvgIpc) is 2.30. The maximum absolute atomic E-state index is 11.8. The Labute approximate surface area is 116 Å². The number of carbonyl (C=O) groups excluding carboxylic acids is 1. The standard InChI is InChI=1S/C14H26N4O/c1-5-12(10-15)18-8-6-17(7-9-18)11-13(19)16-14(2,3)4/h12H,5-9,11H2,1-4H3,(H,16,19). The van der Waals surface area contributed by atoms with E-state index in [0.29, 0.717) is 6.54 Å². The minimum Gasteiger partial charge on any atom is -0.350 e. The fourth-order valence-corrected chi connectivity index (χ4v) is 2.33. The van der Waals surface area contributed by atoms with Gasteiger partial charge >= 0.3 is 0 Å². The highest BCUT2D eigenvalue weighted by Gasteiger charge is 2.24. The van der Waals surface area contributed by atoms with Gasteiger partial charge in [0.2, 0.25) is 5.91 Å². The third-order valence-corrected chi connectivity index (χ3v) is 3.27. The van der Waals surface area contributed by atoms with Crippen molar-refractivity contribution in [2.24, 2.45) is 0 Å². The molecule has 1 amide bonds. The fourth-order valence-electron chi connectivity index (χ4n) is 2.33. The van der Waals surface area contributed by atoms with Gasteiger partial charge in [-0.25, -0.2) is 0 Å². The molecule has 0 aromatic heterocycles. The normalized spacial score (nSPS) is 19.7. The Kier molecular flexibility index (Phi) is 5.77. The topological polar surface area (TPSA) is 59.4 Å². The molecule has 5 nitrogen and oxygen atoms in total. The second-order valence-corrected chi connectivity index (χ2v) is 6.16. The molecule has 1 aliphatic heterocycles. The highest BCUT2D eigenvalue weighted by molar-refractivity contribution is 5.78. The second kappa shape index (κ2) is 6.88. The van der Waals surface area contributed by atoms with Gasteiger partial charge in [-0.3, -0.25) is 14.6 Å². The number of hydrogen-bond donors (Lipinski definition) is 1. The molecule has 5 heteroatoms. The van der Waals surface area contributed by atoms with Gasteiger partial charge in [0, 0.05) is 31.7 Å². The van der Waals surface area contributed by atoms with Crippen LogP contribution in [0.4, 0.5) is 0 Å². The molecule has 1 heterocycles. The number of carbonyl (C=O) groups is 1. The molecule has 1 aliphatic rings. The van der Waals surface area contributed by atoms with Crippen molar-refractivity contribution in [3.8, 4) is 6.07 Å². The first kappa shape index (κ1) is 15.9. The molecule has 108 valence electrons. The zero-order valence-corrected chi connectivity index (χ0v) is 12.6. The second-order valence-electron chi connectivity index (χ2n) is 6.16. The number of rotatable bonds is 4. The smallest absolute Gasteiger partial charge is 0.234 e. The van der Waals surface area contributed by atoms with Crippen molar-refractivity contribution < 1.29 is 4.79 Å². The Morgan fingerprint density at radius 2 is 1.89 bits per heavy atom. The molecule has 1 unspecified atom stereocenters. The Morgan fingerprint density at radius 1 is 1.32 bits per heavy atom. The highest BCUT2D eigenvalue weighted by Crippen LogP contribution is 2.08. The monoisotopic (exact) mass is 266 g/mol. The molecule has 0 aliphatic carbocycles. The van der Waals surface area contributed by atoms with Crippen molar-refractivity contribution in [1.82, 2.24) is 15.1 Å². The lowest BCUT2D eigenvalue weighted by atomic mass is 10.1. The molecule has 0 aromatic rings. The number of nitrogens with one attached hydrogen (secondary N) is 1. The van der Waals surface area contributed by atoms with Gasteiger partial charge in [0.1, 0.15) is 0 Å². The Hall–Kier alpha value is -1.12. The summed E-state index contributed by atoms with van der Waals surface area (Å²) in [6.45, 7) is 11.9. The Morgan fingerprint density at radius 3 is 2.32 bits per heavy atom. The van der Waals surface area contributed by atoms with E-state index in [0.717, 1.165) is 32.6 Å². The van der Waals surface area contributed by atoms with Gasteiger partial charge in [0.15, 0.2) is 0 Å². The van der Waals surface area contributed by atoms with Crippen LogP contribution in [0.25, 0.3) is 0 Å². The van der Waals surface area contributed by atoms with Gasteiger partial charge in [0.25, 0.3) is 0 Å². The first-order valence-corrected chi connectivity index (χ1v) is 7.02. The van der Waals surface area contributed by atoms with Crippen molar-refractivity contribution in [2.75, 3.05) is 32.7 Å². The van der Waals surface area contributed by atoms with Crippen LogP contribution in [0, 0.1) is 11.3 Å². The molecular weight excluding hydrogens is 240 g/mol. The predicted molar refractivity (Wildman–Crippen MR) is 75.6 cm³/mol. The largest absolute Gasteiger partial charge is 0.350 e. The van der Waals surface area contributed by atoms with Crippen molar-refractivity contribution >= 4 is 5.91 Å². The lowest BCUT2D eigenvalue weighted by molar-refractivity contribution is -0.124. The summed E-state index contributed by atoms with van der Waals surface area (Å²) in [7, 11) is 0. The molecule has 1 fully saturated rings. The van der Waals surface area contributed by atoms with E-state index in [1.165, 1.54) is 0 Å². The molecule has 0 aromatic carbocycles. The van der Waals surface area contributed by atoms with E-state index >= 15 is 0 Å². The molecular formula is C14H26N4O. The van der Waals surface area contributed by atoms with Gasteiger partial charge in [-0.1, -0.05) is 6.92 Å². The van der Waals surface area contributed by atoms with Crippen molar-refractivity contribution in [3.05, 3.63) is 0 Å². The first-order chi connectivity index (χ1) is 8.85. The summed E-state index contributed by atoms with van der Waals surface area (Å²) in [5, 5.41) is 12.0. The Balaban J connectivity index is 2.35. The van der Waals surface area contributed by atoms with Crippen LogP contribution >= 0.6 is 0 Å². The lowest BCUT2D eigenvalue weighted by Gasteiger charge is -2.36. The van der Waals surface area contributed by atoms with Gasteiger partial charge in [-0.2, -0.15) is 5.26 Å². The number of amides is 1. The van der Waals surface area contributed by atoms with E-state index in [1.54, 1.807) is 0 Å². The van der Waals surface area contributed by atoms with Crippen LogP contribution in [0.5, 0.6) is 0 Å². The van der Waals surface area contributed by atoms with E-state index in [-0.39, 0.29) is 17.5 Å². The van der Waals surface area contributed by atoms with Crippen LogP contribution < -0.4 is 5.32 Å². The summed E-state index contributed by atoms with van der Waals surface area (Å²) in [4.78, 5) is 16.2. The van der Waals surface area contributed by atoms with Gasteiger partial charge in [-0.05, 0) is 27.2 Å². The summed E-state index contributed by atoms with van der Waals surface area (Å²) in [6, 6.07) is 2.36. The predicted octanol–water partition coefficient (Wildman–Crippen LogP) is 0.821. The molecule has 0 spiro atoms. The van der Waals surface area contributed by atoms with E-state index in [1.807, 2.05) is 27.7 Å². The first-order valence-electron chi connectivity index (χ1n) is 7.02. The number of piperazine rings is 1. The van der Waals surface area contributed by atoms with Crippen LogP contribution in [-0.4, -0.2) is 60.0 Å². The third kappa shape index (κ3) is 5.58. The Bertz CT molecular complexity index is 334.